The first-order chi connectivity index (χ1) is 7.83. The summed E-state index contributed by atoms with van der Waals surface area (Å²) in [6.45, 7) is 3.50. The Kier molecular flexibility index (Phi) is 2.97. The zero-order chi connectivity index (χ0) is 11.0. The van der Waals surface area contributed by atoms with Crippen molar-refractivity contribution < 1.29 is 0 Å². The Labute approximate surface area is 102 Å². The summed E-state index contributed by atoms with van der Waals surface area (Å²) in [6, 6.07) is 0. The molecule has 0 aliphatic carbocycles. The standard InChI is InChI=1S/C13H20N2S/c1-10-4-2-6-15-9-11(14-13(10)15)8-12-5-3-7-16-12/h9-10,12H,2-8H2,1H3. The van der Waals surface area contributed by atoms with Crippen LogP contribution in [0.15, 0.2) is 6.20 Å². The fourth-order valence-corrected chi connectivity index (χ4v) is 4.18. The van der Waals surface area contributed by atoms with Gasteiger partial charge in [-0.1, -0.05) is 6.92 Å². The highest BCUT2D eigenvalue weighted by Gasteiger charge is 2.22. The van der Waals surface area contributed by atoms with Gasteiger partial charge in [-0.3, -0.25) is 0 Å². The van der Waals surface area contributed by atoms with Crippen molar-refractivity contribution in [3.05, 3.63) is 17.7 Å². The molecule has 0 N–H and O–H groups in total. The highest BCUT2D eigenvalue weighted by atomic mass is 32.2. The van der Waals surface area contributed by atoms with Gasteiger partial charge in [0.15, 0.2) is 0 Å². The molecule has 2 unspecified atom stereocenters. The summed E-state index contributed by atoms with van der Waals surface area (Å²) in [5, 5.41) is 0.840. The fourth-order valence-electron chi connectivity index (χ4n) is 2.89. The molecule has 3 heteroatoms. The summed E-state index contributed by atoms with van der Waals surface area (Å²) in [5.41, 5.74) is 1.34. The Bertz CT molecular complexity index is 366. The van der Waals surface area contributed by atoms with E-state index in [0.717, 1.165) is 5.25 Å². The van der Waals surface area contributed by atoms with Crippen molar-refractivity contribution in [3.63, 3.8) is 0 Å². The van der Waals surface area contributed by atoms with Crippen LogP contribution in [-0.4, -0.2) is 20.6 Å². The minimum Gasteiger partial charge on any atom is -0.334 e. The largest absolute Gasteiger partial charge is 0.334 e. The van der Waals surface area contributed by atoms with Crippen LogP contribution >= 0.6 is 11.8 Å². The Morgan fingerprint density at radius 2 is 2.38 bits per heavy atom. The first kappa shape index (κ1) is 10.7. The zero-order valence-electron chi connectivity index (χ0n) is 9.98. The summed E-state index contributed by atoms with van der Waals surface area (Å²) in [5.74, 6) is 3.36. The molecule has 1 saturated heterocycles. The summed E-state index contributed by atoms with van der Waals surface area (Å²) in [4.78, 5) is 4.84. The number of hydrogen-bond acceptors (Lipinski definition) is 2. The van der Waals surface area contributed by atoms with Crippen LogP contribution in [0.5, 0.6) is 0 Å². The number of fused-ring (bicyclic) bond motifs is 1. The van der Waals surface area contributed by atoms with E-state index in [4.69, 9.17) is 4.98 Å². The first-order valence-corrected chi connectivity index (χ1v) is 7.55. The van der Waals surface area contributed by atoms with Crippen molar-refractivity contribution >= 4 is 11.8 Å². The van der Waals surface area contributed by atoms with Gasteiger partial charge in [0, 0.05) is 30.3 Å². The predicted octanol–water partition coefficient (Wildman–Crippen LogP) is 3.22. The van der Waals surface area contributed by atoms with Crippen LogP contribution in [0.1, 0.15) is 50.0 Å². The van der Waals surface area contributed by atoms with Crippen molar-refractivity contribution in [1.29, 1.82) is 0 Å². The Morgan fingerprint density at radius 1 is 1.44 bits per heavy atom. The topological polar surface area (TPSA) is 17.8 Å². The summed E-state index contributed by atoms with van der Waals surface area (Å²) >= 11 is 2.13. The van der Waals surface area contributed by atoms with E-state index in [1.54, 1.807) is 0 Å². The highest BCUT2D eigenvalue weighted by molar-refractivity contribution is 8.00. The number of imidazole rings is 1. The van der Waals surface area contributed by atoms with E-state index in [-0.39, 0.29) is 0 Å². The lowest BCUT2D eigenvalue weighted by molar-refractivity contribution is 0.463. The van der Waals surface area contributed by atoms with Gasteiger partial charge in [0.25, 0.3) is 0 Å². The monoisotopic (exact) mass is 236 g/mol. The van der Waals surface area contributed by atoms with E-state index in [0.29, 0.717) is 5.92 Å². The fraction of sp³-hybridized carbons (Fsp3) is 0.769. The van der Waals surface area contributed by atoms with E-state index in [2.05, 4.69) is 29.4 Å². The number of thioether (sulfide) groups is 1. The number of aromatic nitrogens is 2. The molecule has 0 aromatic carbocycles. The number of hydrogen-bond donors (Lipinski definition) is 0. The number of nitrogens with zero attached hydrogens (tertiary/aromatic N) is 2. The van der Waals surface area contributed by atoms with Crippen molar-refractivity contribution in [3.8, 4) is 0 Å². The van der Waals surface area contributed by atoms with E-state index in [1.807, 2.05) is 0 Å². The molecule has 2 nitrogen and oxygen atoms in total. The third-order valence-corrected chi connectivity index (χ3v) is 5.19. The SMILES string of the molecule is CC1CCCn2cc(CC3CCCS3)nc21. The molecule has 2 aliphatic rings. The molecular formula is C13H20N2S. The van der Waals surface area contributed by atoms with Crippen molar-refractivity contribution in [2.24, 2.45) is 0 Å². The van der Waals surface area contributed by atoms with Crippen LogP contribution in [0.2, 0.25) is 0 Å². The lowest BCUT2D eigenvalue weighted by Gasteiger charge is -2.19. The zero-order valence-corrected chi connectivity index (χ0v) is 10.8. The summed E-state index contributed by atoms with van der Waals surface area (Å²) in [7, 11) is 0. The van der Waals surface area contributed by atoms with Crippen LogP contribution in [0.3, 0.4) is 0 Å². The molecule has 3 rings (SSSR count). The molecule has 0 amide bonds. The van der Waals surface area contributed by atoms with Gasteiger partial charge in [0.1, 0.15) is 5.82 Å². The van der Waals surface area contributed by atoms with Gasteiger partial charge in [-0.2, -0.15) is 11.8 Å². The maximum atomic E-state index is 4.84. The van der Waals surface area contributed by atoms with Crippen LogP contribution < -0.4 is 0 Å². The van der Waals surface area contributed by atoms with E-state index in [9.17, 15) is 0 Å². The Hall–Kier alpha value is -0.440. The molecular weight excluding hydrogens is 216 g/mol. The quantitative estimate of drug-likeness (QED) is 0.784. The van der Waals surface area contributed by atoms with Crippen LogP contribution in [-0.2, 0) is 13.0 Å². The molecule has 88 valence electrons. The maximum absolute atomic E-state index is 4.84. The molecule has 0 bridgehead atoms. The van der Waals surface area contributed by atoms with Gasteiger partial charge in [0.05, 0.1) is 5.69 Å². The molecule has 0 saturated carbocycles. The maximum Gasteiger partial charge on any atom is 0.111 e. The second-order valence-corrected chi connectivity index (χ2v) is 6.57. The number of aryl methyl sites for hydroxylation is 1. The average Bonchev–Trinajstić information content (AvgIpc) is 2.88. The van der Waals surface area contributed by atoms with Gasteiger partial charge in [-0.25, -0.2) is 4.98 Å². The van der Waals surface area contributed by atoms with Gasteiger partial charge < -0.3 is 4.57 Å². The van der Waals surface area contributed by atoms with Crippen LogP contribution in [0.25, 0.3) is 0 Å². The van der Waals surface area contributed by atoms with Crippen molar-refractivity contribution in [1.82, 2.24) is 9.55 Å². The molecule has 2 aliphatic heterocycles. The highest BCUT2D eigenvalue weighted by Crippen LogP contribution is 2.31. The lowest BCUT2D eigenvalue weighted by Crippen LogP contribution is -2.12. The molecule has 2 atom stereocenters. The third kappa shape index (κ3) is 2.02. The van der Waals surface area contributed by atoms with Gasteiger partial charge in [-0.15, -0.1) is 0 Å². The molecule has 16 heavy (non-hydrogen) atoms. The normalized spacial score (nSPS) is 29.3. The van der Waals surface area contributed by atoms with E-state index >= 15 is 0 Å². The second kappa shape index (κ2) is 4.44. The summed E-state index contributed by atoms with van der Waals surface area (Å²) in [6.07, 6.45) is 8.93. The summed E-state index contributed by atoms with van der Waals surface area (Å²) < 4.78 is 2.39. The molecule has 1 aromatic heterocycles. The predicted molar refractivity (Wildman–Crippen MR) is 69.1 cm³/mol. The average molecular weight is 236 g/mol. The molecule has 0 radical (unpaired) electrons. The Morgan fingerprint density at radius 3 is 3.12 bits per heavy atom. The molecule has 3 heterocycles. The molecule has 0 spiro atoms. The van der Waals surface area contributed by atoms with Gasteiger partial charge in [-0.05, 0) is 31.4 Å². The minimum atomic E-state index is 0.665. The first-order valence-electron chi connectivity index (χ1n) is 6.50. The van der Waals surface area contributed by atoms with Crippen LogP contribution in [0.4, 0.5) is 0 Å². The number of rotatable bonds is 2. The second-order valence-electron chi connectivity index (χ2n) is 5.17. The van der Waals surface area contributed by atoms with E-state index < -0.39 is 0 Å². The van der Waals surface area contributed by atoms with Gasteiger partial charge in [0.2, 0.25) is 0 Å². The van der Waals surface area contributed by atoms with Crippen LogP contribution in [0, 0.1) is 0 Å². The van der Waals surface area contributed by atoms with Crippen molar-refractivity contribution in [2.45, 2.75) is 56.7 Å². The van der Waals surface area contributed by atoms with Crippen molar-refractivity contribution in [2.75, 3.05) is 5.75 Å². The molecule has 1 aromatic rings. The lowest BCUT2D eigenvalue weighted by atomic mass is 10.0. The minimum absolute atomic E-state index is 0.665. The molecule has 1 fully saturated rings. The van der Waals surface area contributed by atoms with E-state index in [1.165, 1.54) is 55.9 Å². The Balaban J connectivity index is 1.75. The van der Waals surface area contributed by atoms with Gasteiger partial charge >= 0.3 is 0 Å². The third-order valence-electron chi connectivity index (χ3n) is 3.80. The smallest absolute Gasteiger partial charge is 0.111 e.